The second kappa shape index (κ2) is 8.59. The van der Waals surface area contributed by atoms with E-state index >= 15 is 0 Å². The highest BCUT2D eigenvalue weighted by molar-refractivity contribution is 5.60. The second-order valence-corrected chi connectivity index (χ2v) is 7.81. The highest BCUT2D eigenvalue weighted by Gasteiger charge is 2.29. The SMILES string of the molecule is C[NH+]1CCc2c(C#N)c(NCc3ccccc3)[nH+]c(NC[C@H]3CCCO3)c2C1. The monoisotopic (exact) mass is 379 g/mol. The van der Waals surface area contributed by atoms with Gasteiger partial charge >= 0.3 is 0 Å². The van der Waals surface area contributed by atoms with Crippen LogP contribution in [-0.4, -0.2) is 32.8 Å². The molecule has 1 fully saturated rings. The Morgan fingerprint density at radius 3 is 2.82 bits per heavy atom. The molecule has 3 heterocycles. The first-order valence-electron chi connectivity index (χ1n) is 10.2. The minimum atomic E-state index is 0.272. The van der Waals surface area contributed by atoms with Crippen molar-refractivity contribution in [1.29, 1.82) is 5.26 Å². The number of nitrogens with one attached hydrogen (secondary N) is 4. The van der Waals surface area contributed by atoms with Gasteiger partial charge < -0.3 is 20.3 Å². The first-order chi connectivity index (χ1) is 13.7. The molecular formula is C22H29N5O+2. The standard InChI is InChI=1S/C22H27N5O/c1-27-10-9-18-19(12-23)21(24-13-16-6-3-2-4-7-16)26-22(20(18)15-27)25-14-17-8-5-11-28-17/h2-4,6-7,17H,5,8-11,13-15H2,1H3,(H2,24,25,26)/p+2/t17-/m1/s1. The van der Waals surface area contributed by atoms with Crippen molar-refractivity contribution in [2.75, 3.05) is 37.4 Å². The number of aromatic amines is 1. The summed E-state index contributed by atoms with van der Waals surface area (Å²) in [6.45, 7) is 4.31. The number of hydrogen-bond donors (Lipinski definition) is 3. The lowest BCUT2D eigenvalue weighted by atomic mass is 9.95. The van der Waals surface area contributed by atoms with Gasteiger partial charge in [0.15, 0.2) is 0 Å². The molecule has 0 aliphatic carbocycles. The summed E-state index contributed by atoms with van der Waals surface area (Å²) in [6.07, 6.45) is 3.44. The number of benzene rings is 1. The number of H-pyrrole nitrogens is 1. The summed E-state index contributed by atoms with van der Waals surface area (Å²) >= 11 is 0. The molecule has 0 saturated carbocycles. The van der Waals surface area contributed by atoms with Crippen LogP contribution in [0.15, 0.2) is 30.3 Å². The van der Waals surface area contributed by atoms with E-state index in [2.05, 4.69) is 40.9 Å². The topological polar surface area (TPSA) is 75.7 Å². The highest BCUT2D eigenvalue weighted by atomic mass is 16.5. The van der Waals surface area contributed by atoms with Gasteiger partial charge in [-0.1, -0.05) is 30.3 Å². The zero-order valence-corrected chi connectivity index (χ0v) is 16.5. The molecule has 4 N–H and O–H groups in total. The van der Waals surface area contributed by atoms with Crippen LogP contribution in [0.3, 0.4) is 0 Å². The number of aromatic nitrogens is 1. The van der Waals surface area contributed by atoms with Crippen molar-refractivity contribution >= 4 is 11.6 Å². The molecule has 6 nitrogen and oxygen atoms in total. The summed E-state index contributed by atoms with van der Waals surface area (Å²) in [6, 6.07) is 12.7. The molecule has 2 aliphatic heterocycles. The zero-order valence-electron chi connectivity index (χ0n) is 16.5. The molecule has 0 spiro atoms. The Labute approximate surface area is 166 Å². The van der Waals surface area contributed by atoms with Crippen molar-refractivity contribution in [3.63, 3.8) is 0 Å². The van der Waals surface area contributed by atoms with Gasteiger partial charge in [-0.05, 0) is 24.0 Å². The van der Waals surface area contributed by atoms with E-state index < -0.39 is 0 Å². The second-order valence-electron chi connectivity index (χ2n) is 7.81. The molecule has 1 unspecified atom stereocenters. The predicted molar refractivity (Wildman–Crippen MR) is 108 cm³/mol. The Morgan fingerprint density at radius 1 is 1.21 bits per heavy atom. The van der Waals surface area contributed by atoms with E-state index in [4.69, 9.17) is 4.74 Å². The first kappa shape index (κ1) is 18.7. The molecule has 2 aliphatic rings. The summed E-state index contributed by atoms with van der Waals surface area (Å²) < 4.78 is 5.77. The maximum atomic E-state index is 9.87. The zero-order chi connectivity index (χ0) is 19.3. The molecular weight excluding hydrogens is 350 g/mol. The van der Waals surface area contributed by atoms with E-state index in [1.807, 2.05) is 18.2 Å². The number of hydrogen-bond acceptors (Lipinski definition) is 4. The Kier molecular flexibility index (Phi) is 5.75. The Balaban J connectivity index is 1.62. The Morgan fingerprint density at radius 2 is 2.07 bits per heavy atom. The smallest absolute Gasteiger partial charge is 0.237 e. The van der Waals surface area contributed by atoms with Gasteiger partial charge in [-0.2, -0.15) is 5.26 Å². The van der Waals surface area contributed by atoms with Gasteiger partial charge in [0.2, 0.25) is 11.6 Å². The van der Waals surface area contributed by atoms with Crippen LogP contribution >= 0.6 is 0 Å². The van der Waals surface area contributed by atoms with Crippen LogP contribution in [0, 0.1) is 11.3 Å². The summed E-state index contributed by atoms with van der Waals surface area (Å²) in [5.74, 6) is 1.83. The van der Waals surface area contributed by atoms with E-state index in [1.54, 1.807) is 0 Å². The number of nitrogens with zero attached hydrogens (tertiary/aromatic N) is 1. The Hall–Kier alpha value is -2.62. The predicted octanol–water partition coefficient (Wildman–Crippen LogP) is 1.15. The molecule has 0 bridgehead atoms. The number of anilines is 2. The number of rotatable bonds is 6. The van der Waals surface area contributed by atoms with E-state index in [-0.39, 0.29) is 6.10 Å². The fourth-order valence-electron chi connectivity index (χ4n) is 4.13. The highest BCUT2D eigenvalue weighted by Crippen LogP contribution is 2.26. The summed E-state index contributed by atoms with van der Waals surface area (Å²) in [7, 11) is 2.21. The van der Waals surface area contributed by atoms with Crippen molar-refractivity contribution in [1.82, 2.24) is 0 Å². The third kappa shape index (κ3) is 4.11. The minimum Gasteiger partial charge on any atom is -0.375 e. The quantitative estimate of drug-likeness (QED) is 0.704. The van der Waals surface area contributed by atoms with Crippen LogP contribution < -0.4 is 20.5 Å². The molecule has 1 aromatic heterocycles. The fraction of sp³-hybridized carbons (Fsp3) is 0.455. The average Bonchev–Trinajstić information content (AvgIpc) is 3.25. The van der Waals surface area contributed by atoms with Gasteiger partial charge in [0.25, 0.3) is 0 Å². The van der Waals surface area contributed by atoms with Crippen LogP contribution in [-0.2, 0) is 24.2 Å². The Bertz CT molecular complexity index is 855. The van der Waals surface area contributed by atoms with Crippen LogP contribution in [0.1, 0.15) is 35.1 Å². The molecule has 6 heteroatoms. The summed E-state index contributed by atoms with van der Waals surface area (Å²) in [4.78, 5) is 4.96. The third-order valence-electron chi connectivity index (χ3n) is 5.70. The van der Waals surface area contributed by atoms with E-state index in [0.29, 0.717) is 6.54 Å². The fourth-order valence-corrected chi connectivity index (χ4v) is 4.13. The van der Waals surface area contributed by atoms with Gasteiger partial charge in [0, 0.05) is 13.0 Å². The van der Waals surface area contributed by atoms with Gasteiger partial charge in [0.1, 0.15) is 18.2 Å². The van der Waals surface area contributed by atoms with Gasteiger partial charge in [-0.15, -0.1) is 0 Å². The molecule has 1 saturated heterocycles. The molecule has 1 aromatic carbocycles. The summed E-state index contributed by atoms with van der Waals surface area (Å²) in [5.41, 5.74) is 4.36. The average molecular weight is 380 g/mol. The summed E-state index contributed by atoms with van der Waals surface area (Å²) in [5, 5.41) is 16.9. The van der Waals surface area contributed by atoms with Crippen molar-refractivity contribution in [2.45, 2.75) is 38.5 Å². The van der Waals surface area contributed by atoms with Crippen LogP contribution in [0.2, 0.25) is 0 Å². The van der Waals surface area contributed by atoms with Crippen molar-refractivity contribution < 1.29 is 14.6 Å². The minimum absolute atomic E-state index is 0.272. The molecule has 28 heavy (non-hydrogen) atoms. The number of quaternary nitrogens is 1. The van der Waals surface area contributed by atoms with Gasteiger partial charge in [-0.3, -0.25) is 0 Å². The van der Waals surface area contributed by atoms with Gasteiger partial charge in [-0.25, -0.2) is 4.98 Å². The van der Waals surface area contributed by atoms with Crippen molar-refractivity contribution in [3.05, 3.63) is 52.6 Å². The normalized spacial score (nSPS) is 21.0. The molecule has 0 radical (unpaired) electrons. The first-order valence-corrected chi connectivity index (χ1v) is 10.2. The van der Waals surface area contributed by atoms with Crippen LogP contribution in [0.25, 0.3) is 0 Å². The van der Waals surface area contributed by atoms with Crippen LogP contribution in [0.4, 0.5) is 11.6 Å². The number of likely N-dealkylation sites (N-methyl/N-ethyl adjacent to an activating group) is 1. The van der Waals surface area contributed by atoms with Gasteiger partial charge in [0.05, 0.1) is 38.3 Å². The van der Waals surface area contributed by atoms with Crippen molar-refractivity contribution in [2.24, 2.45) is 0 Å². The molecule has 4 rings (SSSR count). The van der Waals surface area contributed by atoms with E-state index in [0.717, 1.165) is 62.7 Å². The van der Waals surface area contributed by atoms with E-state index in [9.17, 15) is 5.26 Å². The number of nitriles is 1. The molecule has 0 amide bonds. The molecule has 146 valence electrons. The number of pyridine rings is 1. The molecule has 2 aromatic rings. The maximum Gasteiger partial charge on any atom is 0.237 e. The molecule has 2 atom stereocenters. The lowest BCUT2D eigenvalue weighted by molar-refractivity contribution is -0.895. The lowest BCUT2D eigenvalue weighted by Gasteiger charge is -2.25. The van der Waals surface area contributed by atoms with Crippen molar-refractivity contribution in [3.8, 4) is 6.07 Å². The third-order valence-corrected chi connectivity index (χ3v) is 5.70. The maximum absolute atomic E-state index is 9.87. The lowest BCUT2D eigenvalue weighted by Crippen LogP contribution is -3.08. The largest absolute Gasteiger partial charge is 0.375 e. The number of fused-ring (bicyclic) bond motifs is 1. The van der Waals surface area contributed by atoms with Crippen LogP contribution in [0.5, 0.6) is 0 Å². The number of ether oxygens (including phenoxy) is 1. The van der Waals surface area contributed by atoms with E-state index in [1.165, 1.54) is 21.6 Å².